The minimum atomic E-state index is -3.66. The number of rotatable bonds is 5. The van der Waals surface area contributed by atoms with Crippen LogP contribution in [0.15, 0.2) is 29.2 Å². The molecule has 0 bridgehead atoms. The summed E-state index contributed by atoms with van der Waals surface area (Å²) in [6.07, 6.45) is 2.84. The summed E-state index contributed by atoms with van der Waals surface area (Å²) in [6, 6.07) is 6.00. The number of hydrogen-bond acceptors (Lipinski definition) is 3. The Morgan fingerprint density at radius 3 is 2.33 bits per heavy atom. The third kappa shape index (κ3) is 3.83. The summed E-state index contributed by atoms with van der Waals surface area (Å²) < 4.78 is 27.0. The van der Waals surface area contributed by atoms with E-state index in [1.807, 2.05) is 6.92 Å². The van der Waals surface area contributed by atoms with Crippen molar-refractivity contribution in [2.75, 3.05) is 13.1 Å². The van der Waals surface area contributed by atoms with Crippen molar-refractivity contribution in [3.63, 3.8) is 0 Å². The van der Waals surface area contributed by atoms with Crippen molar-refractivity contribution >= 4 is 15.9 Å². The van der Waals surface area contributed by atoms with Gasteiger partial charge in [0.2, 0.25) is 15.9 Å². The number of aryl methyl sites for hydroxylation is 1. The van der Waals surface area contributed by atoms with Gasteiger partial charge < -0.3 is 4.90 Å². The second-order valence-corrected chi connectivity index (χ2v) is 7.09. The molecular formula is C15H22N2O3S. The van der Waals surface area contributed by atoms with E-state index in [1.165, 1.54) is 0 Å². The SMILES string of the molecule is CCc1ccc(S(=O)(=O)N[C@@H](C)C(=O)N2CCCC2)cc1. The Morgan fingerprint density at radius 1 is 1.24 bits per heavy atom. The van der Waals surface area contributed by atoms with E-state index in [9.17, 15) is 13.2 Å². The smallest absolute Gasteiger partial charge is 0.241 e. The highest BCUT2D eigenvalue weighted by Gasteiger charge is 2.27. The van der Waals surface area contributed by atoms with Gasteiger partial charge in [-0.1, -0.05) is 19.1 Å². The lowest BCUT2D eigenvalue weighted by Crippen LogP contribution is -2.45. The van der Waals surface area contributed by atoms with Gasteiger partial charge in [0.1, 0.15) is 0 Å². The van der Waals surface area contributed by atoms with Crippen molar-refractivity contribution in [1.29, 1.82) is 0 Å². The molecule has 0 radical (unpaired) electrons. The van der Waals surface area contributed by atoms with Gasteiger partial charge in [-0.25, -0.2) is 8.42 Å². The Bertz CT molecular complexity index is 590. The van der Waals surface area contributed by atoms with Crippen LogP contribution in [0.5, 0.6) is 0 Å². The molecule has 1 aromatic carbocycles. The number of carbonyl (C=O) groups is 1. The Labute approximate surface area is 126 Å². The molecular weight excluding hydrogens is 288 g/mol. The van der Waals surface area contributed by atoms with Crippen molar-refractivity contribution in [1.82, 2.24) is 9.62 Å². The molecule has 0 aromatic heterocycles. The van der Waals surface area contributed by atoms with Crippen molar-refractivity contribution in [3.05, 3.63) is 29.8 Å². The Kier molecular flexibility index (Phi) is 5.00. The summed E-state index contributed by atoms with van der Waals surface area (Å²) in [5, 5.41) is 0. The van der Waals surface area contributed by atoms with Crippen LogP contribution in [0, 0.1) is 0 Å². The quantitative estimate of drug-likeness (QED) is 0.897. The Balaban J connectivity index is 2.06. The Morgan fingerprint density at radius 2 is 1.81 bits per heavy atom. The zero-order valence-electron chi connectivity index (χ0n) is 12.5. The maximum absolute atomic E-state index is 12.3. The van der Waals surface area contributed by atoms with Gasteiger partial charge >= 0.3 is 0 Å². The van der Waals surface area contributed by atoms with E-state index in [0.717, 1.165) is 37.9 Å². The van der Waals surface area contributed by atoms with Crippen LogP contribution in [-0.2, 0) is 21.2 Å². The van der Waals surface area contributed by atoms with Gasteiger partial charge in [-0.2, -0.15) is 4.72 Å². The van der Waals surface area contributed by atoms with Crippen LogP contribution < -0.4 is 4.72 Å². The molecule has 1 saturated heterocycles. The highest BCUT2D eigenvalue weighted by atomic mass is 32.2. The zero-order valence-corrected chi connectivity index (χ0v) is 13.3. The third-order valence-electron chi connectivity index (χ3n) is 3.76. The average molecular weight is 310 g/mol. The lowest BCUT2D eigenvalue weighted by Gasteiger charge is -2.21. The number of sulfonamides is 1. The van der Waals surface area contributed by atoms with Gasteiger partial charge in [0.25, 0.3) is 0 Å². The summed E-state index contributed by atoms with van der Waals surface area (Å²) in [4.78, 5) is 14.1. The van der Waals surface area contributed by atoms with Gasteiger partial charge in [-0.15, -0.1) is 0 Å². The molecule has 5 nitrogen and oxygen atoms in total. The van der Waals surface area contributed by atoms with Crippen LogP contribution in [0.1, 0.15) is 32.3 Å². The fourth-order valence-electron chi connectivity index (χ4n) is 2.47. The second-order valence-electron chi connectivity index (χ2n) is 5.37. The number of amides is 1. The topological polar surface area (TPSA) is 66.5 Å². The number of nitrogens with one attached hydrogen (secondary N) is 1. The fraction of sp³-hybridized carbons (Fsp3) is 0.533. The van der Waals surface area contributed by atoms with Crippen molar-refractivity contribution < 1.29 is 13.2 Å². The normalized spacial score (nSPS) is 17.0. The maximum Gasteiger partial charge on any atom is 0.241 e. The summed E-state index contributed by atoms with van der Waals surface area (Å²) in [5.41, 5.74) is 1.08. The fourth-order valence-corrected chi connectivity index (χ4v) is 3.66. The van der Waals surface area contributed by atoms with Gasteiger partial charge in [-0.05, 0) is 43.9 Å². The standard InChI is InChI=1S/C15H22N2O3S/c1-3-13-6-8-14(9-7-13)21(19,20)16-12(2)15(18)17-10-4-5-11-17/h6-9,12,16H,3-5,10-11H2,1-2H3/t12-/m0/s1. The van der Waals surface area contributed by atoms with Crippen molar-refractivity contribution in [3.8, 4) is 0 Å². The van der Waals surface area contributed by atoms with E-state index < -0.39 is 16.1 Å². The van der Waals surface area contributed by atoms with Crippen LogP contribution in [0.4, 0.5) is 0 Å². The first-order valence-corrected chi connectivity index (χ1v) is 8.82. The zero-order chi connectivity index (χ0) is 15.5. The predicted octanol–water partition coefficient (Wildman–Crippen LogP) is 1.54. The summed E-state index contributed by atoms with van der Waals surface area (Å²) in [5.74, 6) is -0.152. The molecule has 21 heavy (non-hydrogen) atoms. The molecule has 0 spiro atoms. The molecule has 0 aliphatic carbocycles. The molecule has 2 rings (SSSR count). The van der Waals surface area contributed by atoms with E-state index in [2.05, 4.69) is 4.72 Å². The van der Waals surface area contributed by atoms with Gasteiger partial charge in [0.15, 0.2) is 0 Å². The third-order valence-corrected chi connectivity index (χ3v) is 5.32. The van der Waals surface area contributed by atoms with Crippen LogP contribution in [0.25, 0.3) is 0 Å². The molecule has 1 amide bonds. The summed E-state index contributed by atoms with van der Waals surface area (Å²) in [6.45, 7) is 5.04. The summed E-state index contributed by atoms with van der Waals surface area (Å²) >= 11 is 0. The molecule has 1 fully saturated rings. The molecule has 1 aliphatic rings. The molecule has 1 N–H and O–H groups in total. The number of benzene rings is 1. The number of carbonyl (C=O) groups excluding carboxylic acids is 1. The molecule has 116 valence electrons. The molecule has 1 aliphatic heterocycles. The molecule has 0 unspecified atom stereocenters. The van der Waals surface area contributed by atoms with E-state index in [1.54, 1.807) is 36.1 Å². The molecule has 6 heteroatoms. The number of nitrogens with zero attached hydrogens (tertiary/aromatic N) is 1. The minimum absolute atomic E-state index is 0.152. The average Bonchev–Trinajstić information content (AvgIpc) is 3.00. The van der Waals surface area contributed by atoms with Crippen molar-refractivity contribution in [2.45, 2.75) is 44.0 Å². The van der Waals surface area contributed by atoms with Crippen LogP contribution in [0.2, 0.25) is 0 Å². The highest BCUT2D eigenvalue weighted by Crippen LogP contribution is 2.13. The predicted molar refractivity (Wildman–Crippen MR) is 81.4 cm³/mol. The van der Waals surface area contributed by atoms with Crippen LogP contribution >= 0.6 is 0 Å². The van der Waals surface area contributed by atoms with E-state index >= 15 is 0 Å². The van der Waals surface area contributed by atoms with E-state index in [0.29, 0.717) is 0 Å². The van der Waals surface area contributed by atoms with Crippen molar-refractivity contribution in [2.24, 2.45) is 0 Å². The molecule has 1 heterocycles. The summed E-state index contributed by atoms with van der Waals surface area (Å²) in [7, 11) is -3.66. The highest BCUT2D eigenvalue weighted by molar-refractivity contribution is 7.89. The first-order chi connectivity index (χ1) is 9.94. The molecule has 1 atom stereocenters. The maximum atomic E-state index is 12.3. The lowest BCUT2D eigenvalue weighted by atomic mass is 10.2. The first kappa shape index (κ1) is 16.0. The van der Waals surface area contributed by atoms with E-state index in [-0.39, 0.29) is 10.8 Å². The van der Waals surface area contributed by atoms with Gasteiger partial charge in [0, 0.05) is 13.1 Å². The van der Waals surface area contributed by atoms with Gasteiger partial charge in [0.05, 0.1) is 10.9 Å². The molecule has 0 saturated carbocycles. The van der Waals surface area contributed by atoms with Crippen LogP contribution in [-0.4, -0.2) is 38.4 Å². The Hall–Kier alpha value is -1.40. The van der Waals surface area contributed by atoms with Gasteiger partial charge in [-0.3, -0.25) is 4.79 Å². The van der Waals surface area contributed by atoms with Crippen LogP contribution in [0.3, 0.4) is 0 Å². The number of hydrogen-bond donors (Lipinski definition) is 1. The second kappa shape index (κ2) is 6.58. The van der Waals surface area contributed by atoms with E-state index in [4.69, 9.17) is 0 Å². The minimum Gasteiger partial charge on any atom is -0.341 e. The largest absolute Gasteiger partial charge is 0.341 e. The lowest BCUT2D eigenvalue weighted by molar-refractivity contribution is -0.131. The molecule has 1 aromatic rings. The number of likely N-dealkylation sites (tertiary alicyclic amines) is 1. The monoisotopic (exact) mass is 310 g/mol. The first-order valence-electron chi connectivity index (χ1n) is 7.34.